The summed E-state index contributed by atoms with van der Waals surface area (Å²) < 4.78 is 0. The van der Waals surface area contributed by atoms with Crippen LogP contribution >= 0.6 is 0 Å². The van der Waals surface area contributed by atoms with Crippen molar-refractivity contribution in [3.05, 3.63) is 17.6 Å². The molecule has 96 valence electrons. The molecule has 0 unspecified atom stereocenters. The van der Waals surface area contributed by atoms with Gasteiger partial charge in [-0.2, -0.15) is 0 Å². The van der Waals surface area contributed by atoms with Gasteiger partial charge in [-0.1, -0.05) is 13.8 Å². The van der Waals surface area contributed by atoms with Gasteiger partial charge in [-0.05, 0) is 19.9 Å². The molecule has 1 rings (SSSR count). The van der Waals surface area contributed by atoms with Crippen molar-refractivity contribution in [2.45, 2.75) is 33.6 Å². The molecule has 0 atom stereocenters. The summed E-state index contributed by atoms with van der Waals surface area (Å²) in [5.74, 6) is 1.95. The van der Waals surface area contributed by atoms with E-state index in [0.717, 1.165) is 43.4 Å². The molecule has 0 saturated heterocycles. The van der Waals surface area contributed by atoms with Crippen molar-refractivity contribution in [2.75, 3.05) is 31.6 Å². The van der Waals surface area contributed by atoms with Gasteiger partial charge < -0.3 is 10.2 Å². The highest BCUT2D eigenvalue weighted by Gasteiger charge is 2.05. The lowest BCUT2D eigenvalue weighted by Crippen LogP contribution is -2.30. The van der Waals surface area contributed by atoms with Crippen molar-refractivity contribution >= 4 is 5.82 Å². The average molecular weight is 236 g/mol. The number of likely N-dealkylation sites (N-methyl/N-ethyl adjacent to an activating group) is 1. The molecular weight excluding hydrogens is 212 g/mol. The lowest BCUT2D eigenvalue weighted by atomic mass is 10.3. The molecule has 0 aromatic carbocycles. The minimum absolute atomic E-state index is 0.886. The van der Waals surface area contributed by atoms with Crippen molar-refractivity contribution in [2.24, 2.45) is 0 Å². The maximum absolute atomic E-state index is 4.54. The number of nitrogens with zero attached hydrogens (tertiary/aromatic N) is 3. The Morgan fingerprint density at radius 1 is 1.24 bits per heavy atom. The number of aryl methyl sites for hydroxylation is 2. The first-order valence-corrected chi connectivity index (χ1v) is 6.43. The van der Waals surface area contributed by atoms with Crippen LogP contribution in [0, 0.1) is 6.92 Å². The maximum Gasteiger partial charge on any atom is 0.132 e. The largest absolute Gasteiger partial charge is 0.358 e. The van der Waals surface area contributed by atoms with E-state index in [4.69, 9.17) is 0 Å². The summed E-state index contributed by atoms with van der Waals surface area (Å²) in [6.45, 7) is 9.33. The third-order valence-electron chi connectivity index (χ3n) is 2.65. The summed E-state index contributed by atoms with van der Waals surface area (Å²) in [7, 11) is 2.08. The van der Waals surface area contributed by atoms with Crippen LogP contribution in [0.1, 0.15) is 31.8 Å². The second-order valence-corrected chi connectivity index (χ2v) is 4.31. The maximum atomic E-state index is 4.54. The van der Waals surface area contributed by atoms with Gasteiger partial charge in [0.2, 0.25) is 0 Å². The molecule has 0 aliphatic carbocycles. The van der Waals surface area contributed by atoms with Crippen LogP contribution in [0.5, 0.6) is 0 Å². The number of hydrogen-bond acceptors (Lipinski definition) is 4. The topological polar surface area (TPSA) is 41.0 Å². The van der Waals surface area contributed by atoms with E-state index in [2.05, 4.69) is 41.1 Å². The summed E-state index contributed by atoms with van der Waals surface area (Å²) in [5.41, 5.74) is 1.04. The van der Waals surface area contributed by atoms with Gasteiger partial charge in [0.1, 0.15) is 11.6 Å². The molecule has 17 heavy (non-hydrogen) atoms. The van der Waals surface area contributed by atoms with E-state index in [1.807, 2.05) is 13.0 Å². The minimum Gasteiger partial charge on any atom is -0.358 e. The summed E-state index contributed by atoms with van der Waals surface area (Å²) in [6, 6.07) is 2.04. The minimum atomic E-state index is 0.886. The van der Waals surface area contributed by atoms with Crippen molar-refractivity contribution in [3.8, 4) is 0 Å². The van der Waals surface area contributed by atoms with Crippen LogP contribution < -0.4 is 10.2 Å². The quantitative estimate of drug-likeness (QED) is 0.733. The third kappa shape index (κ3) is 4.69. The Morgan fingerprint density at radius 2 is 2.00 bits per heavy atom. The molecule has 0 saturated carbocycles. The number of rotatable bonds is 7. The first kappa shape index (κ1) is 13.9. The second kappa shape index (κ2) is 7.22. The van der Waals surface area contributed by atoms with Gasteiger partial charge in [0.05, 0.1) is 0 Å². The van der Waals surface area contributed by atoms with E-state index in [9.17, 15) is 0 Å². The fourth-order valence-corrected chi connectivity index (χ4v) is 1.63. The smallest absolute Gasteiger partial charge is 0.132 e. The van der Waals surface area contributed by atoms with Crippen LogP contribution in [-0.4, -0.2) is 36.6 Å². The fourth-order valence-electron chi connectivity index (χ4n) is 1.63. The summed E-state index contributed by atoms with van der Waals surface area (Å²) in [4.78, 5) is 11.1. The van der Waals surface area contributed by atoms with E-state index >= 15 is 0 Å². The van der Waals surface area contributed by atoms with E-state index < -0.39 is 0 Å². The van der Waals surface area contributed by atoms with Crippen LogP contribution in [-0.2, 0) is 6.42 Å². The molecule has 0 bridgehead atoms. The molecule has 4 nitrogen and oxygen atoms in total. The molecular formula is C13H24N4. The zero-order chi connectivity index (χ0) is 12.7. The Kier molecular flexibility index (Phi) is 5.91. The van der Waals surface area contributed by atoms with Crippen molar-refractivity contribution in [1.29, 1.82) is 0 Å². The van der Waals surface area contributed by atoms with Crippen LogP contribution in [0.4, 0.5) is 5.82 Å². The Labute approximate surface area is 104 Å². The number of hydrogen-bond donors (Lipinski definition) is 1. The molecule has 1 N–H and O–H groups in total. The first-order valence-electron chi connectivity index (χ1n) is 6.43. The Morgan fingerprint density at radius 3 is 2.65 bits per heavy atom. The highest BCUT2D eigenvalue weighted by Crippen LogP contribution is 2.10. The third-order valence-corrected chi connectivity index (χ3v) is 2.65. The standard InChI is InChI=1S/C13H24N4/c1-5-7-14-8-9-17(4)13-10-11(3)15-12(6-2)16-13/h10,14H,5-9H2,1-4H3. The van der Waals surface area contributed by atoms with E-state index in [1.54, 1.807) is 0 Å². The van der Waals surface area contributed by atoms with Crippen LogP contribution in [0.25, 0.3) is 0 Å². The van der Waals surface area contributed by atoms with E-state index in [1.165, 1.54) is 6.42 Å². The van der Waals surface area contributed by atoms with Gasteiger partial charge in [0.15, 0.2) is 0 Å². The zero-order valence-electron chi connectivity index (χ0n) is 11.5. The first-order chi connectivity index (χ1) is 8.17. The predicted octanol–water partition coefficient (Wildman–Crippen LogP) is 1.78. The second-order valence-electron chi connectivity index (χ2n) is 4.31. The van der Waals surface area contributed by atoms with Gasteiger partial charge in [0.25, 0.3) is 0 Å². The van der Waals surface area contributed by atoms with Gasteiger partial charge in [-0.25, -0.2) is 9.97 Å². The monoisotopic (exact) mass is 236 g/mol. The molecule has 0 fully saturated rings. The molecule has 1 aromatic heterocycles. The van der Waals surface area contributed by atoms with Crippen molar-refractivity contribution in [1.82, 2.24) is 15.3 Å². The normalized spacial score (nSPS) is 10.6. The predicted molar refractivity (Wildman–Crippen MR) is 72.6 cm³/mol. The van der Waals surface area contributed by atoms with Crippen LogP contribution in [0.15, 0.2) is 6.07 Å². The molecule has 1 aromatic rings. The molecule has 0 aliphatic heterocycles. The zero-order valence-corrected chi connectivity index (χ0v) is 11.5. The Hall–Kier alpha value is -1.16. The highest BCUT2D eigenvalue weighted by atomic mass is 15.2. The summed E-state index contributed by atoms with van der Waals surface area (Å²) >= 11 is 0. The fraction of sp³-hybridized carbons (Fsp3) is 0.692. The molecule has 1 heterocycles. The number of anilines is 1. The lowest BCUT2D eigenvalue weighted by molar-refractivity contribution is 0.662. The molecule has 0 radical (unpaired) electrons. The lowest BCUT2D eigenvalue weighted by Gasteiger charge is -2.19. The number of aromatic nitrogens is 2. The van der Waals surface area contributed by atoms with Gasteiger partial charge >= 0.3 is 0 Å². The van der Waals surface area contributed by atoms with Crippen molar-refractivity contribution < 1.29 is 0 Å². The van der Waals surface area contributed by atoms with E-state index in [-0.39, 0.29) is 0 Å². The summed E-state index contributed by atoms with van der Waals surface area (Å²) in [6.07, 6.45) is 2.06. The summed E-state index contributed by atoms with van der Waals surface area (Å²) in [5, 5.41) is 3.39. The van der Waals surface area contributed by atoms with Gasteiger partial charge in [0, 0.05) is 38.3 Å². The molecule has 0 aliphatic rings. The molecule has 4 heteroatoms. The molecule has 0 spiro atoms. The number of nitrogens with one attached hydrogen (secondary N) is 1. The highest BCUT2D eigenvalue weighted by molar-refractivity contribution is 5.38. The van der Waals surface area contributed by atoms with E-state index in [0.29, 0.717) is 0 Å². The SMILES string of the molecule is CCCNCCN(C)c1cc(C)nc(CC)n1. The average Bonchev–Trinajstić information content (AvgIpc) is 2.33. The van der Waals surface area contributed by atoms with Gasteiger partial charge in [-0.15, -0.1) is 0 Å². The molecule has 0 amide bonds. The Balaban J connectivity index is 2.55. The van der Waals surface area contributed by atoms with Crippen LogP contribution in [0.2, 0.25) is 0 Å². The van der Waals surface area contributed by atoms with Crippen molar-refractivity contribution in [3.63, 3.8) is 0 Å². The van der Waals surface area contributed by atoms with Gasteiger partial charge in [-0.3, -0.25) is 0 Å². The Bertz CT molecular complexity index is 338. The van der Waals surface area contributed by atoms with Crippen LogP contribution in [0.3, 0.4) is 0 Å².